The zero-order valence-electron chi connectivity index (χ0n) is 9.89. The molecule has 17 heavy (non-hydrogen) atoms. The van der Waals surface area contributed by atoms with E-state index < -0.39 is 0 Å². The van der Waals surface area contributed by atoms with Crippen LogP contribution in [0.4, 0.5) is 5.13 Å². The third-order valence-corrected chi connectivity index (χ3v) is 4.87. The van der Waals surface area contributed by atoms with E-state index in [-0.39, 0.29) is 0 Å². The van der Waals surface area contributed by atoms with Crippen molar-refractivity contribution in [3.63, 3.8) is 0 Å². The Hall–Kier alpha value is -0.580. The van der Waals surface area contributed by atoms with Crippen LogP contribution in [0.1, 0.15) is 17.5 Å². The van der Waals surface area contributed by atoms with E-state index >= 15 is 0 Å². The van der Waals surface area contributed by atoms with Crippen LogP contribution in [-0.2, 0) is 12.3 Å². The monoisotopic (exact) mass is 286 g/mol. The first-order chi connectivity index (χ1) is 8.20. The van der Waals surface area contributed by atoms with Gasteiger partial charge in [0.1, 0.15) is 0 Å². The SMILES string of the molecule is CC(Cc1cccs1)N(C)c1nc(CCl)cs1. The summed E-state index contributed by atoms with van der Waals surface area (Å²) in [6.07, 6.45) is 1.06. The third kappa shape index (κ3) is 3.21. The summed E-state index contributed by atoms with van der Waals surface area (Å²) in [6, 6.07) is 4.73. The smallest absolute Gasteiger partial charge is 0.185 e. The van der Waals surface area contributed by atoms with Gasteiger partial charge in [0.2, 0.25) is 0 Å². The third-order valence-electron chi connectivity index (χ3n) is 2.72. The quantitative estimate of drug-likeness (QED) is 0.772. The zero-order chi connectivity index (χ0) is 12.3. The molecule has 1 atom stereocenters. The molecule has 1 unspecified atom stereocenters. The van der Waals surface area contributed by atoms with Crippen LogP contribution in [0.25, 0.3) is 0 Å². The summed E-state index contributed by atoms with van der Waals surface area (Å²) >= 11 is 9.23. The van der Waals surface area contributed by atoms with Crippen molar-refractivity contribution in [2.75, 3.05) is 11.9 Å². The van der Waals surface area contributed by atoms with Crippen LogP contribution in [0.3, 0.4) is 0 Å². The number of thiophene rings is 1. The minimum Gasteiger partial charge on any atom is -0.348 e. The maximum Gasteiger partial charge on any atom is 0.185 e. The molecule has 0 saturated heterocycles. The predicted molar refractivity (Wildman–Crippen MR) is 77.6 cm³/mol. The number of hydrogen-bond acceptors (Lipinski definition) is 4. The Bertz CT molecular complexity index is 453. The van der Waals surface area contributed by atoms with Gasteiger partial charge in [-0.1, -0.05) is 6.07 Å². The molecule has 92 valence electrons. The highest BCUT2D eigenvalue weighted by Crippen LogP contribution is 2.23. The Morgan fingerprint density at radius 1 is 1.47 bits per heavy atom. The van der Waals surface area contributed by atoms with Gasteiger partial charge in [0.05, 0.1) is 11.6 Å². The predicted octanol–water partition coefficient (Wildman–Crippen LogP) is 4.01. The molecule has 0 radical (unpaired) electrons. The number of rotatable bonds is 5. The van der Waals surface area contributed by atoms with Crippen molar-refractivity contribution < 1.29 is 0 Å². The van der Waals surface area contributed by atoms with E-state index in [1.54, 1.807) is 11.3 Å². The molecule has 0 N–H and O–H groups in total. The number of aromatic nitrogens is 1. The summed E-state index contributed by atoms with van der Waals surface area (Å²) in [4.78, 5) is 8.13. The molecule has 0 amide bonds. The molecule has 0 aliphatic carbocycles. The van der Waals surface area contributed by atoms with Crippen LogP contribution in [0.2, 0.25) is 0 Å². The maximum atomic E-state index is 5.77. The molecular formula is C12H15ClN2S2. The number of thiazole rings is 1. The van der Waals surface area contributed by atoms with Crippen molar-refractivity contribution in [1.29, 1.82) is 0 Å². The van der Waals surface area contributed by atoms with Gasteiger partial charge in [0.25, 0.3) is 0 Å². The molecule has 2 rings (SSSR count). The van der Waals surface area contributed by atoms with Crippen LogP contribution in [0, 0.1) is 0 Å². The molecule has 0 aromatic carbocycles. The highest BCUT2D eigenvalue weighted by Gasteiger charge is 2.14. The van der Waals surface area contributed by atoms with Crippen molar-refractivity contribution in [3.8, 4) is 0 Å². The second-order valence-corrected chi connectivity index (χ2v) is 6.13. The van der Waals surface area contributed by atoms with Gasteiger partial charge in [-0.3, -0.25) is 0 Å². The van der Waals surface area contributed by atoms with Crippen LogP contribution in [0.5, 0.6) is 0 Å². The molecule has 0 aliphatic rings. The first-order valence-electron chi connectivity index (χ1n) is 5.46. The van der Waals surface area contributed by atoms with E-state index in [2.05, 4.69) is 41.4 Å². The lowest BCUT2D eigenvalue weighted by atomic mass is 10.2. The van der Waals surface area contributed by atoms with Crippen molar-refractivity contribution in [1.82, 2.24) is 4.98 Å². The first-order valence-corrected chi connectivity index (χ1v) is 7.75. The summed E-state index contributed by atoms with van der Waals surface area (Å²) in [7, 11) is 2.09. The van der Waals surface area contributed by atoms with Crippen LogP contribution >= 0.6 is 34.3 Å². The summed E-state index contributed by atoms with van der Waals surface area (Å²) < 4.78 is 0. The van der Waals surface area contributed by atoms with Crippen LogP contribution in [0.15, 0.2) is 22.9 Å². The summed E-state index contributed by atoms with van der Waals surface area (Å²) in [5.41, 5.74) is 0.960. The van der Waals surface area contributed by atoms with E-state index in [0.717, 1.165) is 17.2 Å². The van der Waals surface area contributed by atoms with Gasteiger partial charge < -0.3 is 4.90 Å². The molecule has 5 heteroatoms. The summed E-state index contributed by atoms with van der Waals surface area (Å²) in [5.74, 6) is 0.490. The largest absolute Gasteiger partial charge is 0.348 e. The normalized spacial score (nSPS) is 12.6. The fourth-order valence-corrected chi connectivity index (χ4v) is 3.51. The number of anilines is 1. The van der Waals surface area contributed by atoms with E-state index in [1.165, 1.54) is 4.88 Å². The fourth-order valence-electron chi connectivity index (χ4n) is 1.57. The second kappa shape index (κ2) is 5.85. The van der Waals surface area contributed by atoms with Crippen LogP contribution in [-0.4, -0.2) is 18.1 Å². The Morgan fingerprint density at radius 2 is 2.29 bits per heavy atom. The van der Waals surface area contributed by atoms with Crippen molar-refractivity contribution >= 4 is 39.4 Å². The Kier molecular flexibility index (Phi) is 4.42. The van der Waals surface area contributed by atoms with Gasteiger partial charge in [-0.05, 0) is 18.4 Å². The Labute approximate surface area is 115 Å². The molecule has 0 saturated carbocycles. The van der Waals surface area contributed by atoms with Gasteiger partial charge in [-0.2, -0.15) is 0 Å². The summed E-state index contributed by atoms with van der Waals surface area (Å²) in [6.45, 7) is 2.22. The van der Waals surface area contributed by atoms with Gasteiger partial charge >= 0.3 is 0 Å². The van der Waals surface area contributed by atoms with Gasteiger partial charge in [-0.15, -0.1) is 34.3 Å². The molecule has 2 nitrogen and oxygen atoms in total. The van der Waals surface area contributed by atoms with Gasteiger partial charge in [0.15, 0.2) is 5.13 Å². The van der Waals surface area contributed by atoms with Crippen LogP contribution < -0.4 is 4.90 Å². The first kappa shape index (κ1) is 12.9. The second-order valence-electron chi connectivity index (χ2n) is 4.00. The van der Waals surface area contributed by atoms with E-state index in [0.29, 0.717) is 11.9 Å². The number of halogens is 1. The number of likely N-dealkylation sites (N-methyl/N-ethyl adjacent to an activating group) is 1. The Morgan fingerprint density at radius 3 is 2.88 bits per heavy atom. The minimum atomic E-state index is 0.447. The average Bonchev–Trinajstić information content (AvgIpc) is 2.98. The molecule has 0 spiro atoms. The van der Waals surface area contributed by atoms with E-state index in [1.807, 2.05) is 16.7 Å². The molecule has 0 aliphatic heterocycles. The summed E-state index contributed by atoms with van der Waals surface area (Å²) in [5, 5.41) is 5.19. The molecule has 0 bridgehead atoms. The van der Waals surface area contributed by atoms with Crippen molar-refractivity contribution in [3.05, 3.63) is 33.5 Å². The van der Waals surface area contributed by atoms with Crippen molar-refractivity contribution in [2.24, 2.45) is 0 Å². The molecule has 0 fully saturated rings. The topological polar surface area (TPSA) is 16.1 Å². The standard InChI is InChI=1S/C12H15ClN2S2/c1-9(6-11-4-3-5-16-11)15(2)12-14-10(7-13)8-17-12/h3-5,8-9H,6-7H2,1-2H3. The molecule has 2 aromatic rings. The molecule has 2 heterocycles. The lowest BCUT2D eigenvalue weighted by Crippen LogP contribution is -2.30. The number of hydrogen-bond donors (Lipinski definition) is 0. The lowest BCUT2D eigenvalue weighted by molar-refractivity contribution is 0.685. The molecule has 2 aromatic heterocycles. The highest BCUT2D eigenvalue weighted by molar-refractivity contribution is 7.13. The fraction of sp³-hybridized carbons (Fsp3) is 0.417. The van der Waals surface area contributed by atoms with Crippen molar-refractivity contribution in [2.45, 2.75) is 25.3 Å². The lowest BCUT2D eigenvalue weighted by Gasteiger charge is -2.23. The maximum absolute atomic E-state index is 5.77. The zero-order valence-corrected chi connectivity index (χ0v) is 12.3. The van der Waals surface area contributed by atoms with E-state index in [9.17, 15) is 0 Å². The molecular weight excluding hydrogens is 272 g/mol. The highest BCUT2D eigenvalue weighted by atomic mass is 35.5. The number of nitrogens with zero attached hydrogens (tertiary/aromatic N) is 2. The van der Waals surface area contributed by atoms with E-state index in [4.69, 9.17) is 11.6 Å². The Balaban J connectivity index is 2.01. The van der Waals surface area contributed by atoms with Gasteiger partial charge in [0, 0.05) is 29.8 Å². The minimum absolute atomic E-state index is 0.447. The average molecular weight is 287 g/mol. The number of alkyl halides is 1. The van der Waals surface area contributed by atoms with Gasteiger partial charge in [-0.25, -0.2) is 4.98 Å².